The van der Waals surface area contributed by atoms with Crippen LogP contribution in [0.5, 0.6) is 0 Å². The van der Waals surface area contributed by atoms with Gasteiger partial charge >= 0.3 is 5.97 Å². The first kappa shape index (κ1) is 14.5. The van der Waals surface area contributed by atoms with Gasteiger partial charge in [-0.25, -0.2) is 9.78 Å². The summed E-state index contributed by atoms with van der Waals surface area (Å²) < 4.78 is 0. The zero-order valence-corrected chi connectivity index (χ0v) is 11.7. The van der Waals surface area contributed by atoms with Crippen molar-refractivity contribution in [3.8, 4) is 0 Å². The van der Waals surface area contributed by atoms with Crippen molar-refractivity contribution in [3.63, 3.8) is 0 Å². The van der Waals surface area contributed by atoms with Crippen LogP contribution in [0.4, 0.5) is 0 Å². The highest BCUT2D eigenvalue weighted by molar-refractivity contribution is 7.99. The van der Waals surface area contributed by atoms with Gasteiger partial charge < -0.3 is 10.4 Å². The Morgan fingerprint density at radius 1 is 1.71 bits per heavy atom. The molecule has 1 heterocycles. The Morgan fingerprint density at radius 3 is 3.06 bits per heavy atom. The molecule has 1 aromatic rings. The average molecular weight is 274 g/mol. The van der Waals surface area contributed by atoms with E-state index in [4.69, 9.17) is 5.11 Å². The number of aromatic carboxylic acids is 1. The molecule has 0 spiro atoms. The fourth-order valence-corrected chi connectivity index (χ4v) is 2.74. The number of hydrogen-bond acceptors (Lipinski definition) is 5. The number of nitrogens with zero attached hydrogens (tertiary/aromatic N) is 1. The van der Waals surface area contributed by atoms with Gasteiger partial charge in [-0.3, -0.25) is 0 Å². The number of carboxylic acid groups (broad SMARTS) is 1. The number of nitrogens with one attached hydrogen (secondary N) is 1. The first-order valence-corrected chi connectivity index (χ1v) is 7.65. The van der Waals surface area contributed by atoms with Crippen LogP contribution in [0.1, 0.15) is 35.8 Å². The number of carboxylic acids is 1. The van der Waals surface area contributed by atoms with Gasteiger partial charge in [-0.1, -0.05) is 6.92 Å². The van der Waals surface area contributed by atoms with Crippen molar-refractivity contribution in [1.29, 1.82) is 0 Å². The molecule has 0 aliphatic carbocycles. The molecular weight excluding hydrogens is 256 g/mol. The van der Waals surface area contributed by atoms with Gasteiger partial charge in [0, 0.05) is 18.0 Å². The van der Waals surface area contributed by atoms with E-state index in [-0.39, 0.29) is 5.01 Å². The number of hydrogen-bond donors (Lipinski definition) is 2. The van der Waals surface area contributed by atoms with Crippen LogP contribution >= 0.6 is 23.1 Å². The molecule has 1 aromatic heterocycles. The Balaban J connectivity index is 2.26. The number of carbonyl (C=O) groups is 1. The molecule has 1 rings (SSSR count). The highest BCUT2D eigenvalue weighted by Gasteiger charge is 2.09. The summed E-state index contributed by atoms with van der Waals surface area (Å²) in [5, 5.41) is 14.1. The summed E-state index contributed by atoms with van der Waals surface area (Å²) in [6.45, 7) is 4.94. The Morgan fingerprint density at radius 2 is 2.47 bits per heavy atom. The normalized spacial score (nSPS) is 12.6. The van der Waals surface area contributed by atoms with Crippen molar-refractivity contribution < 1.29 is 9.90 Å². The van der Waals surface area contributed by atoms with E-state index in [1.807, 2.05) is 11.8 Å². The molecule has 0 radical (unpaired) electrons. The van der Waals surface area contributed by atoms with Gasteiger partial charge in [0.1, 0.15) is 0 Å². The van der Waals surface area contributed by atoms with Crippen LogP contribution in [0.25, 0.3) is 0 Å². The summed E-state index contributed by atoms with van der Waals surface area (Å²) in [4.78, 5) is 14.7. The average Bonchev–Trinajstić information content (AvgIpc) is 2.75. The number of aromatic nitrogens is 1. The molecular formula is C11H18N2O2S2. The summed E-state index contributed by atoms with van der Waals surface area (Å²) in [5.74, 6) is 1.36. The van der Waals surface area contributed by atoms with E-state index >= 15 is 0 Å². The van der Waals surface area contributed by atoms with Crippen LogP contribution in [0.15, 0.2) is 5.38 Å². The molecule has 0 saturated heterocycles. The van der Waals surface area contributed by atoms with Gasteiger partial charge in [0.25, 0.3) is 0 Å². The van der Waals surface area contributed by atoms with E-state index < -0.39 is 5.97 Å². The monoisotopic (exact) mass is 274 g/mol. The topological polar surface area (TPSA) is 62.2 Å². The summed E-state index contributed by atoms with van der Waals surface area (Å²) in [5.41, 5.74) is 0.808. The second-order valence-corrected chi connectivity index (χ2v) is 5.97. The summed E-state index contributed by atoms with van der Waals surface area (Å²) >= 11 is 3.11. The first-order chi connectivity index (χ1) is 8.13. The molecule has 0 saturated carbocycles. The molecule has 0 bridgehead atoms. The van der Waals surface area contributed by atoms with Crippen LogP contribution in [-0.2, 0) is 6.54 Å². The standard InChI is InChI=1S/C11H18N2O2S2/c1-3-16-5-4-8(2)12-6-9-7-17-10(13-9)11(14)15/h7-8,12H,3-6H2,1-2H3,(H,14,15). The lowest BCUT2D eigenvalue weighted by molar-refractivity contribution is 0.0696. The van der Waals surface area contributed by atoms with Crippen LogP contribution in [-0.4, -0.2) is 33.6 Å². The molecule has 1 unspecified atom stereocenters. The minimum Gasteiger partial charge on any atom is -0.476 e. The van der Waals surface area contributed by atoms with E-state index in [9.17, 15) is 4.79 Å². The Kier molecular flexibility index (Phi) is 6.54. The smallest absolute Gasteiger partial charge is 0.365 e. The maximum absolute atomic E-state index is 10.7. The molecule has 17 heavy (non-hydrogen) atoms. The predicted molar refractivity (Wildman–Crippen MR) is 73.0 cm³/mol. The minimum absolute atomic E-state index is 0.163. The van der Waals surface area contributed by atoms with E-state index in [0.29, 0.717) is 12.6 Å². The maximum Gasteiger partial charge on any atom is 0.365 e. The molecule has 96 valence electrons. The fraction of sp³-hybridized carbons (Fsp3) is 0.636. The zero-order chi connectivity index (χ0) is 12.7. The SMILES string of the molecule is CCSCCC(C)NCc1csc(C(=O)O)n1. The zero-order valence-electron chi connectivity index (χ0n) is 10.1. The molecule has 4 nitrogen and oxygen atoms in total. The molecule has 0 amide bonds. The lowest BCUT2D eigenvalue weighted by Gasteiger charge is -2.11. The molecule has 2 N–H and O–H groups in total. The largest absolute Gasteiger partial charge is 0.476 e. The van der Waals surface area contributed by atoms with E-state index in [2.05, 4.69) is 24.1 Å². The van der Waals surface area contributed by atoms with Crippen molar-refractivity contribution in [2.45, 2.75) is 32.9 Å². The molecule has 6 heteroatoms. The predicted octanol–water partition coefficient (Wildman–Crippen LogP) is 2.46. The van der Waals surface area contributed by atoms with Gasteiger partial charge in [0.05, 0.1) is 5.69 Å². The third kappa shape index (κ3) is 5.52. The summed E-state index contributed by atoms with van der Waals surface area (Å²) in [6, 6.07) is 0.434. The Bertz CT molecular complexity index is 355. The fourth-order valence-electron chi connectivity index (χ4n) is 1.27. The quantitative estimate of drug-likeness (QED) is 0.713. The molecule has 0 aromatic carbocycles. The van der Waals surface area contributed by atoms with Gasteiger partial charge in [0.15, 0.2) is 0 Å². The maximum atomic E-state index is 10.7. The lowest BCUT2D eigenvalue weighted by atomic mass is 10.2. The highest BCUT2D eigenvalue weighted by atomic mass is 32.2. The molecule has 0 aliphatic heterocycles. The summed E-state index contributed by atoms with van der Waals surface area (Å²) in [7, 11) is 0. The second kappa shape index (κ2) is 7.68. The number of rotatable bonds is 8. The third-order valence-corrected chi connectivity index (χ3v) is 4.08. The van der Waals surface area contributed by atoms with Gasteiger partial charge in [-0.05, 0) is 24.9 Å². The van der Waals surface area contributed by atoms with Gasteiger partial charge in [0.2, 0.25) is 5.01 Å². The van der Waals surface area contributed by atoms with Gasteiger partial charge in [-0.15, -0.1) is 11.3 Å². The second-order valence-electron chi connectivity index (χ2n) is 3.72. The number of thiazole rings is 1. The number of thioether (sulfide) groups is 1. The minimum atomic E-state index is -0.950. The van der Waals surface area contributed by atoms with E-state index in [1.165, 1.54) is 11.3 Å². The van der Waals surface area contributed by atoms with Gasteiger partial charge in [-0.2, -0.15) is 11.8 Å². The Hall–Kier alpha value is -0.590. The van der Waals surface area contributed by atoms with Crippen molar-refractivity contribution in [1.82, 2.24) is 10.3 Å². The van der Waals surface area contributed by atoms with Crippen LogP contribution in [0.2, 0.25) is 0 Å². The van der Waals surface area contributed by atoms with Crippen molar-refractivity contribution >= 4 is 29.1 Å². The van der Waals surface area contributed by atoms with Crippen LogP contribution in [0, 0.1) is 0 Å². The van der Waals surface area contributed by atoms with Crippen LogP contribution in [0.3, 0.4) is 0 Å². The van der Waals surface area contributed by atoms with E-state index in [1.54, 1.807) is 5.38 Å². The summed E-state index contributed by atoms with van der Waals surface area (Å²) in [6.07, 6.45) is 1.12. The van der Waals surface area contributed by atoms with E-state index in [0.717, 1.165) is 23.6 Å². The van der Waals surface area contributed by atoms with Crippen molar-refractivity contribution in [3.05, 3.63) is 16.1 Å². The van der Waals surface area contributed by atoms with Crippen LogP contribution < -0.4 is 5.32 Å². The molecule has 1 atom stereocenters. The molecule has 0 aliphatic rings. The molecule has 0 fully saturated rings. The van der Waals surface area contributed by atoms with Crippen molar-refractivity contribution in [2.75, 3.05) is 11.5 Å². The third-order valence-electron chi connectivity index (χ3n) is 2.27. The Labute approximate surface area is 110 Å². The highest BCUT2D eigenvalue weighted by Crippen LogP contribution is 2.10. The first-order valence-electron chi connectivity index (χ1n) is 5.62. The lowest BCUT2D eigenvalue weighted by Crippen LogP contribution is -2.26. The van der Waals surface area contributed by atoms with Crippen molar-refractivity contribution in [2.24, 2.45) is 0 Å².